The second kappa shape index (κ2) is 9.85. The van der Waals surface area contributed by atoms with E-state index in [2.05, 4.69) is 52.6 Å². The van der Waals surface area contributed by atoms with E-state index >= 15 is 0 Å². The molecule has 6 heteroatoms. The van der Waals surface area contributed by atoms with Gasteiger partial charge in [0.2, 0.25) is 0 Å². The third-order valence-electron chi connectivity index (χ3n) is 6.07. The van der Waals surface area contributed by atoms with E-state index in [-0.39, 0.29) is 6.10 Å². The highest BCUT2D eigenvalue weighted by Gasteiger charge is 2.25. The maximum Gasteiger partial charge on any atom is 0.141 e. The van der Waals surface area contributed by atoms with Gasteiger partial charge in [0.25, 0.3) is 0 Å². The molecule has 0 amide bonds. The summed E-state index contributed by atoms with van der Waals surface area (Å²) >= 11 is 0. The predicted octanol–water partition coefficient (Wildman–Crippen LogP) is 4.61. The molecule has 0 saturated heterocycles. The molecule has 3 atom stereocenters. The molecule has 6 nitrogen and oxygen atoms in total. The molecule has 3 aliphatic carbocycles. The van der Waals surface area contributed by atoms with Gasteiger partial charge in [-0.05, 0) is 72.8 Å². The Balaban J connectivity index is 1.39. The van der Waals surface area contributed by atoms with Crippen molar-refractivity contribution in [3.63, 3.8) is 0 Å². The van der Waals surface area contributed by atoms with Gasteiger partial charge < -0.3 is 9.47 Å². The molecule has 4 rings (SSSR count). The lowest BCUT2D eigenvalue weighted by Gasteiger charge is -2.30. The van der Waals surface area contributed by atoms with Crippen LogP contribution in [0.25, 0.3) is 0 Å². The molecule has 158 valence electrons. The highest BCUT2D eigenvalue weighted by molar-refractivity contribution is 5.86. The molecular weight excluding hydrogens is 376 g/mol. The molecule has 30 heavy (non-hydrogen) atoms. The van der Waals surface area contributed by atoms with Gasteiger partial charge in [0, 0.05) is 6.61 Å². The van der Waals surface area contributed by atoms with Crippen LogP contribution in [-0.4, -0.2) is 40.9 Å². The smallest absolute Gasteiger partial charge is 0.141 e. The Kier molecular flexibility index (Phi) is 6.74. The zero-order valence-electron chi connectivity index (χ0n) is 17.8. The fourth-order valence-corrected chi connectivity index (χ4v) is 4.25. The minimum atomic E-state index is 0.112. The second-order valence-electron chi connectivity index (χ2n) is 8.11. The lowest BCUT2D eigenvalue weighted by Crippen LogP contribution is -2.20. The SMILES string of the molecule is COC1=CC(OCCC(C)C2C=C(C=Nn3cnnc3)C3=C(C=CCC3)C2)CC=C1. The summed E-state index contributed by atoms with van der Waals surface area (Å²) in [5.74, 6) is 1.89. The van der Waals surface area contributed by atoms with Crippen LogP contribution in [0.1, 0.15) is 39.0 Å². The maximum absolute atomic E-state index is 6.11. The van der Waals surface area contributed by atoms with Crippen LogP contribution < -0.4 is 0 Å². The predicted molar refractivity (Wildman–Crippen MR) is 118 cm³/mol. The first kappa shape index (κ1) is 20.5. The summed E-state index contributed by atoms with van der Waals surface area (Å²) in [6.45, 7) is 3.08. The van der Waals surface area contributed by atoms with Crippen molar-refractivity contribution < 1.29 is 9.47 Å². The number of nitrogens with zero attached hydrogens (tertiary/aromatic N) is 4. The van der Waals surface area contributed by atoms with Gasteiger partial charge >= 0.3 is 0 Å². The first-order valence-corrected chi connectivity index (χ1v) is 10.8. The molecule has 3 unspecified atom stereocenters. The van der Waals surface area contributed by atoms with E-state index in [1.54, 1.807) is 24.4 Å². The summed E-state index contributed by atoms with van der Waals surface area (Å²) < 4.78 is 13.1. The van der Waals surface area contributed by atoms with Crippen molar-refractivity contribution >= 4 is 6.21 Å². The summed E-state index contributed by atoms with van der Waals surface area (Å²) in [6.07, 6.45) is 23.7. The zero-order valence-corrected chi connectivity index (χ0v) is 17.8. The van der Waals surface area contributed by atoms with Gasteiger partial charge in [0.15, 0.2) is 0 Å². The third kappa shape index (κ3) is 5.05. The number of methoxy groups -OCH3 is 1. The van der Waals surface area contributed by atoms with Crippen LogP contribution in [0, 0.1) is 11.8 Å². The fourth-order valence-electron chi connectivity index (χ4n) is 4.25. The minimum Gasteiger partial charge on any atom is -0.497 e. The number of ether oxygens (including phenoxy) is 2. The molecule has 0 aromatic carbocycles. The maximum atomic E-state index is 6.11. The number of hydrogen-bond acceptors (Lipinski definition) is 5. The van der Waals surface area contributed by atoms with Crippen LogP contribution in [-0.2, 0) is 9.47 Å². The molecule has 0 N–H and O–H groups in total. The number of rotatable bonds is 8. The summed E-state index contributed by atoms with van der Waals surface area (Å²) in [6, 6.07) is 0. The summed E-state index contributed by atoms with van der Waals surface area (Å²) in [4.78, 5) is 0. The number of allylic oxidation sites excluding steroid dienone is 7. The summed E-state index contributed by atoms with van der Waals surface area (Å²) in [5, 5.41) is 12.1. The van der Waals surface area contributed by atoms with Crippen LogP contribution in [0.3, 0.4) is 0 Å². The molecular formula is C24H30N4O2. The molecule has 0 radical (unpaired) electrons. The molecule has 0 saturated carbocycles. The lowest BCUT2D eigenvalue weighted by molar-refractivity contribution is 0.0702. The Hall–Kier alpha value is -2.73. The zero-order chi connectivity index (χ0) is 20.8. The Morgan fingerprint density at radius 1 is 1.23 bits per heavy atom. The van der Waals surface area contributed by atoms with E-state index in [4.69, 9.17) is 9.47 Å². The van der Waals surface area contributed by atoms with E-state index in [0.717, 1.165) is 44.5 Å². The van der Waals surface area contributed by atoms with Crippen molar-refractivity contribution in [2.45, 2.75) is 45.1 Å². The van der Waals surface area contributed by atoms with Gasteiger partial charge in [-0.25, -0.2) is 4.68 Å². The Morgan fingerprint density at radius 2 is 2.10 bits per heavy atom. The van der Waals surface area contributed by atoms with E-state index in [9.17, 15) is 0 Å². The first-order chi connectivity index (χ1) is 14.7. The van der Waals surface area contributed by atoms with Gasteiger partial charge in [-0.2, -0.15) is 5.10 Å². The van der Waals surface area contributed by atoms with Gasteiger partial charge in [-0.15, -0.1) is 10.2 Å². The lowest BCUT2D eigenvalue weighted by atomic mass is 9.76. The van der Waals surface area contributed by atoms with Crippen molar-refractivity contribution in [1.82, 2.24) is 14.9 Å². The van der Waals surface area contributed by atoms with Crippen molar-refractivity contribution in [1.29, 1.82) is 0 Å². The molecule has 3 aliphatic rings. The quantitative estimate of drug-likeness (QED) is 0.592. The Morgan fingerprint density at radius 3 is 2.93 bits per heavy atom. The van der Waals surface area contributed by atoms with Crippen LogP contribution in [0.15, 0.2) is 76.7 Å². The van der Waals surface area contributed by atoms with Crippen LogP contribution >= 0.6 is 0 Å². The number of hydrogen-bond donors (Lipinski definition) is 0. The largest absolute Gasteiger partial charge is 0.497 e. The molecule has 1 aromatic rings. The average Bonchev–Trinajstić information content (AvgIpc) is 3.31. The topological polar surface area (TPSA) is 61.5 Å². The fraction of sp³-hybridized carbons (Fsp3) is 0.458. The Bertz CT molecular complexity index is 906. The van der Waals surface area contributed by atoms with Gasteiger partial charge in [0.05, 0.1) is 19.4 Å². The van der Waals surface area contributed by atoms with Crippen molar-refractivity contribution in [2.24, 2.45) is 16.9 Å². The van der Waals surface area contributed by atoms with Gasteiger partial charge in [0.1, 0.15) is 18.4 Å². The van der Waals surface area contributed by atoms with Crippen LogP contribution in [0.2, 0.25) is 0 Å². The average molecular weight is 407 g/mol. The van der Waals surface area contributed by atoms with Crippen LogP contribution in [0.5, 0.6) is 0 Å². The van der Waals surface area contributed by atoms with Crippen molar-refractivity contribution in [2.75, 3.05) is 13.7 Å². The molecule has 0 aliphatic heterocycles. The second-order valence-corrected chi connectivity index (χ2v) is 8.11. The van der Waals surface area contributed by atoms with E-state index in [1.165, 1.54) is 16.7 Å². The van der Waals surface area contributed by atoms with Crippen molar-refractivity contribution in [3.05, 3.63) is 71.6 Å². The normalized spacial score (nSPS) is 24.6. The van der Waals surface area contributed by atoms with E-state index in [1.807, 2.05) is 12.3 Å². The number of aromatic nitrogens is 3. The Labute approximate surface area is 178 Å². The molecule has 1 aromatic heterocycles. The monoisotopic (exact) mass is 406 g/mol. The van der Waals surface area contributed by atoms with Gasteiger partial charge in [-0.1, -0.05) is 31.2 Å². The summed E-state index contributed by atoms with van der Waals surface area (Å²) in [5.41, 5.74) is 4.12. The molecule has 0 fully saturated rings. The first-order valence-electron chi connectivity index (χ1n) is 10.8. The van der Waals surface area contributed by atoms with E-state index < -0.39 is 0 Å². The van der Waals surface area contributed by atoms with Crippen molar-refractivity contribution in [3.8, 4) is 0 Å². The molecule has 0 bridgehead atoms. The van der Waals surface area contributed by atoms with Crippen LogP contribution in [0.4, 0.5) is 0 Å². The third-order valence-corrected chi connectivity index (χ3v) is 6.07. The van der Waals surface area contributed by atoms with Gasteiger partial charge in [-0.3, -0.25) is 0 Å². The molecule has 1 heterocycles. The highest BCUT2D eigenvalue weighted by atomic mass is 16.5. The molecule has 0 spiro atoms. The highest BCUT2D eigenvalue weighted by Crippen LogP contribution is 2.38. The standard InChI is InChI=1S/C24H30N4O2/c1-18(10-11-30-23-8-5-7-22(14-23)29-2)20-12-19-6-3-4-9-24(19)21(13-20)15-27-28-16-25-26-17-28/h3,5-7,13-18,20,23H,4,8-12H2,1-2H3. The van der Waals surface area contributed by atoms with E-state index in [0.29, 0.717) is 11.8 Å². The summed E-state index contributed by atoms with van der Waals surface area (Å²) in [7, 11) is 1.70. The minimum absolute atomic E-state index is 0.112.